The summed E-state index contributed by atoms with van der Waals surface area (Å²) in [6, 6.07) is 20.4. The summed E-state index contributed by atoms with van der Waals surface area (Å²) in [7, 11) is 0.437. The largest absolute Gasteiger partial charge is 0.497 e. The van der Waals surface area contributed by atoms with Crippen LogP contribution in [0.5, 0.6) is 17.2 Å². The first kappa shape index (κ1) is 33.3. The Morgan fingerprint density at radius 2 is 1.49 bits per heavy atom. The Morgan fingerprint density at radius 3 is 2.09 bits per heavy atom. The van der Waals surface area contributed by atoms with Gasteiger partial charge in [0.2, 0.25) is 21.8 Å². The van der Waals surface area contributed by atoms with E-state index in [4.69, 9.17) is 14.2 Å². The second-order valence-corrected chi connectivity index (χ2v) is 12.4. The van der Waals surface area contributed by atoms with E-state index >= 15 is 0 Å². The number of anilines is 1. The molecule has 0 spiro atoms. The van der Waals surface area contributed by atoms with Crippen molar-refractivity contribution in [2.45, 2.75) is 32.9 Å². The zero-order valence-electron chi connectivity index (χ0n) is 25.6. The van der Waals surface area contributed by atoms with Crippen LogP contribution in [0.4, 0.5) is 5.69 Å². The second kappa shape index (κ2) is 15.3. The number of amides is 2. The average Bonchev–Trinajstić information content (AvgIpc) is 2.99. The minimum absolute atomic E-state index is 0.0372. The van der Waals surface area contributed by atoms with Crippen LogP contribution in [0.15, 0.2) is 72.8 Å². The van der Waals surface area contributed by atoms with Crippen LogP contribution in [0.3, 0.4) is 0 Å². The SMILES string of the molecule is COc1cccc(CN(C(=O)CN(c2cc(OC)ccc2OC)S(C)(=O)=O)[C@H](Cc2ccccc2)C(=O)NCC(C)C)c1. The number of sulfonamides is 1. The molecule has 0 bridgehead atoms. The number of nitrogens with one attached hydrogen (secondary N) is 1. The van der Waals surface area contributed by atoms with E-state index in [0.29, 0.717) is 23.6 Å². The lowest BCUT2D eigenvalue weighted by molar-refractivity contribution is -0.140. The smallest absolute Gasteiger partial charge is 0.244 e. The van der Waals surface area contributed by atoms with Crippen molar-refractivity contribution in [3.05, 3.63) is 83.9 Å². The predicted molar refractivity (Wildman–Crippen MR) is 167 cm³/mol. The van der Waals surface area contributed by atoms with Crippen molar-refractivity contribution in [2.24, 2.45) is 5.92 Å². The van der Waals surface area contributed by atoms with Crippen molar-refractivity contribution in [1.82, 2.24) is 10.2 Å². The molecule has 0 fully saturated rings. The molecule has 0 aliphatic rings. The van der Waals surface area contributed by atoms with Crippen molar-refractivity contribution >= 4 is 27.5 Å². The summed E-state index contributed by atoms with van der Waals surface area (Å²) < 4.78 is 43.4. The molecule has 0 saturated carbocycles. The van der Waals surface area contributed by atoms with E-state index in [0.717, 1.165) is 16.1 Å². The second-order valence-electron chi connectivity index (χ2n) is 10.5. The highest BCUT2D eigenvalue weighted by Gasteiger charge is 2.34. The molecule has 1 N–H and O–H groups in total. The molecule has 3 rings (SSSR count). The summed E-state index contributed by atoms with van der Waals surface area (Å²) in [6.45, 7) is 3.85. The zero-order valence-corrected chi connectivity index (χ0v) is 26.4. The Kier molecular flexibility index (Phi) is 11.8. The van der Waals surface area contributed by atoms with E-state index in [1.807, 2.05) is 50.2 Å². The maximum Gasteiger partial charge on any atom is 0.244 e. The van der Waals surface area contributed by atoms with Crippen molar-refractivity contribution in [1.29, 1.82) is 0 Å². The molecule has 0 aliphatic heterocycles. The number of methoxy groups -OCH3 is 3. The average molecular weight is 612 g/mol. The predicted octanol–water partition coefficient (Wildman–Crippen LogP) is 3.89. The van der Waals surface area contributed by atoms with Gasteiger partial charge in [-0.3, -0.25) is 13.9 Å². The van der Waals surface area contributed by atoms with Gasteiger partial charge < -0.3 is 24.4 Å². The monoisotopic (exact) mass is 611 g/mol. The molecule has 2 amide bonds. The summed E-state index contributed by atoms with van der Waals surface area (Å²) in [6.07, 6.45) is 1.24. The molecule has 232 valence electrons. The topological polar surface area (TPSA) is 114 Å². The molecule has 3 aromatic carbocycles. The fourth-order valence-corrected chi connectivity index (χ4v) is 5.38. The Bertz CT molecular complexity index is 1480. The number of carbonyl (C=O) groups excluding carboxylic acids is 2. The Morgan fingerprint density at radius 1 is 0.837 bits per heavy atom. The maximum atomic E-state index is 14.3. The third-order valence-electron chi connectivity index (χ3n) is 6.78. The molecule has 3 aromatic rings. The van der Waals surface area contributed by atoms with Gasteiger partial charge in [0.15, 0.2) is 0 Å². The summed E-state index contributed by atoms with van der Waals surface area (Å²) in [5.41, 5.74) is 1.71. The fourth-order valence-electron chi connectivity index (χ4n) is 4.53. The van der Waals surface area contributed by atoms with Crippen LogP contribution in [-0.4, -0.2) is 71.8 Å². The summed E-state index contributed by atoms with van der Waals surface area (Å²) in [5.74, 6) is 0.504. The van der Waals surface area contributed by atoms with Gasteiger partial charge in [0.05, 0.1) is 33.3 Å². The van der Waals surface area contributed by atoms with Crippen LogP contribution in [0.25, 0.3) is 0 Å². The normalized spacial score (nSPS) is 11.9. The van der Waals surface area contributed by atoms with Crippen molar-refractivity contribution in [3.8, 4) is 17.2 Å². The van der Waals surface area contributed by atoms with Gasteiger partial charge in [0.1, 0.15) is 29.8 Å². The molecule has 0 heterocycles. The first-order valence-electron chi connectivity index (χ1n) is 13.9. The van der Waals surface area contributed by atoms with Crippen LogP contribution < -0.4 is 23.8 Å². The lowest BCUT2D eigenvalue weighted by atomic mass is 10.0. The quantitative estimate of drug-likeness (QED) is 0.277. The van der Waals surface area contributed by atoms with Crippen LogP contribution in [0.1, 0.15) is 25.0 Å². The summed E-state index contributed by atoms with van der Waals surface area (Å²) >= 11 is 0. The van der Waals surface area contributed by atoms with Crippen molar-refractivity contribution < 1.29 is 32.2 Å². The van der Waals surface area contributed by atoms with Gasteiger partial charge in [-0.25, -0.2) is 8.42 Å². The van der Waals surface area contributed by atoms with E-state index in [1.165, 1.54) is 25.2 Å². The van der Waals surface area contributed by atoms with Crippen molar-refractivity contribution in [3.63, 3.8) is 0 Å². The van der Waals surface area contributed by atoms with Crippen molar-refractivity contribution in [2.75, 3.05) is 45.0 Å². The van der Waals surface area contributed by atoms with Crippen LogP contribution in [0, 0.1) is 5.92 Å². The number of nitrogens with zero attached hydrogens (tertiary/aromatic N) is 2. The van der Waals surface area contributed by atoms with Gasteiger partial charge in [-0.05, 0) is 41.3 Å². The number of hydrogen-bond donors (Lipinski definition) is 1. The van der Waals surface area contributed by atoms with E-state index in [1.54, 1.807) is 37.4 Å². The van der Waals surface area contributed by atoms with E-state index in [2.05, 4.69) is 5.32 Å². The van der Waals surface area contributed by atoms with Gasteiger partial charge >= 0.3 is 0 Å². The standard InChI is InChI=1S/C32H41N3O7S/c1-23(2)20-33-32(37)29(18-24-11-8-7-9-12-24)34(21-25-13-10-14-26(17-25)40-3)31(36)22-35(43(6,38)39)28-19-27(41-4)15-16-30(28)42-5/h7-17,19,23,29H,18,20-22H2,1-6H3,(H,33,37)/t29-/m1/s1. The number of benzene rings is 3. The number of ether oxygens (including phenoxy) is 3. The highest BCUT2D eigenvalue weighted by Crippen LogP contribution is 2.34. The Balaban J connectivity index is 2.11. The molecule has 0 aromatic heterocycles. The first-order chi connectivity index (χ1) is 20.5. The lowest BCUT2D eigenvalue weighted by Gasteiger charge is -2.34. The molecular weight excluding hydrogens is 570 g/mol. The van der Waals surface area contributed by atoms with Gasteiger partial charge in [-0.15, -0.1) is 0 Å². The molecule has 1 atom stereocenters. The molecule has 10 nitrogen and oxygen atoms in total. The molecule has 0 radical (unpaired) electrons. The lowest BCUT2D eigenvalue weighted by Crippen LogP contribution is -2.53. The van der Waals surface area contributed by atoms with Gasteiger partial charge in [0, 0.05) is 25.6 Å². The van der Waals surface area contributed by atoms with Gasteiger partial charge in [-0.2, -0.15) is 0 Å². The Hall–Kier alpha value is -4.25. The third kappa shape index (κ3) is 9.37. The number of hydrogen-bond acceptors (Lipinski definition) is 7. The number of rotatable bonds is 15. The first-order valence-corrected chi connectivity index (χ1v) is 15.7. The summed E-state index contributed by atoms with van der Waals surface area (Å²) in [4.78, 5) is 29.5. The third-order valence-corrected chi connectivity index (χ3v) is 7.90. The van der Waals surface area contributed by atoms with E-state index in [9.17, 15) is 18.0 Å². The molecule has 0 unspecified atom stereocenters. The fraction of sp³-hybridized carbons (Fsp3) is 0.375. The molecule has 0 saturated heterocycles. The highest BCUT2D eigenvalue weighted by molar-refractivity contribution is 7.92. The van der Waals surface area contributed by atoms with Gasteiger partial charge in [0.25, 0.3) is 0 Å². The zero-order chi connectivity index (χ0) is 31.6. The maximum absolute atomic E-state index is 14.3. The van der Waals surface area contributed by atoms with Crippen LogP contribution in [-0.2, 0) is 32.6 Å². The highest BCUT2D eigenvalue weighted by atomic mass is 32.2. The summed E-state index contributed by atoms with van der Waals surface area (Å²) in [5, 5.41) is 2.97. The van der Waals surface area contributed by atoms with Crippen LogP contribution in [0.2, 0.25) is 0 Å². The number of carbonyl (C=O) groups is 2. The van der Waals surface area contributed by atoms with E-state index < -0.39 is 28.5 Å². The molecular formula is C32H41N3O7S. The molecule has 43 heavy (non-hydrogen) atoms. The minimum Gasteiger partial charge on any atom is -0.497 e. The minimum atomic E-state index is -3.98. The van der Waals surface area contributed by atoms with Gasteiger partial charge in [-0.1, -0.05) is 56.3 Å². The molecule has 11 heteroatoms. The molecule has 0 aliphatic carbocycles. The van der Waals surface area contributed by atoms with Crippen LogP contribution >= 0.6 is 0 Å². The van der Waals surface area contributed by atoms with E-state index in [-0.39, 0.29) is 36.2 Å². The Labute approximate surface area is 254 Å².